The monoisotopic (exact) mass is 287 g/mol. The van der Waals surface area contributed by atoms with E-state index in [1.54, 1.807) is 6.20 Å². The molecule has 0 saturated carbocycles. The van der Waals surface area contributed by atoms with Crippen LogP contribution in [0.4, 0.5) is 0 Å². The zero-order chi connectivity index (χ0) is 15.2. The van der Waals surface area contributed by atoms with E-state index in [0.717, 1.165) is 34.9 Å². The molecular formula is C17H21NO3. The Balaban J connectivity index is 2.34. The molecule has 0 aliphatic heterocycles. The van der Waals surface area contributed by atoms with Crippen LogP contribution in [0.25, 0.3) is 10.9 Å². The van der Waals surface area contributed by atoms with Crippen LogP contribution in [0.5, 0.6) is 0 Å². The number of aliphatic hydroxyl groups excluding tert-OH is 1. The highest BCUT2D eigenvalue weighted by molar-refractivity contribution is 5.82. The number of ether oxygens (including phenoxy) is 1. The number of fused-ring (bicyclic) bond motifs is 1. The van der Waals surface area contributed by atoms with Crippen LogP contribution in [-0.2, 0) is 9.53 Å². The van der Waals surface area contributed by atoms with E-state index in [4.69, 9.17) is 4.74 Å². The summed E-state index contributed by atoms with van der Waals surface area (Å²) in [6.45, 7) is 4.43. The van der Waals surface area contributed by atoms with Gasteiger partial charge in [0, 0.05) is 17.1 Å². The molecule has 1 aromatic heterocycles. The number of benzene rings is 1. The van der Waals surface area contributed by atoms with E-state index in [1.807, 2.05) is 31.2 Å². The number of carbonyl (C=O) groups is 1. The van der Waals surface area contributed by atoms with E-state index in [-0.39, 0.29) is 0 Å². The van der Waals surface area contributed by atoms with Crippen molar-refractivity contribution in [1.82, 2.24) is 4.98 Å². The Bertz CT molecular complexity index is 612. The molecule has 1 N–H and O–H groups in total. The molecule has 0 saturated heterocycles. The van der Waals surface area contributed by atoms with Crippen molar-refractivity contribution in [2.24, 2.45) is 0 Å². The molecule has 21 heavy (non-hydrogen) atoms. The summed E-state index contributed by atoms with van der Waals surface area (Å²) < 4.78 is 5.07. The molecule has 4 heteroatoms. The summed E-state index contributed by atoms with van der Waals surface area (Å²) in [5.74, 6) is 0. The van der Waals surface area contributed by atoms with Gasteiger partial charge in [-0.1, -0.05) is 31.5 Å². The average Bonchev–Trinajstić information content (AvgIpc) is 2.51. The van der Waals surface area contributed by atoms with E-state index >= 15 is 0 Å². The first-order chi connectivity index (χ1) is 10.2. The lowest BCUT2D eigenvalue weighted by Crippen LogP contribution is -2.23. The van der Waals surface area contributed by atoms with E-state index < -0.39 is 12.2 Å². The summed E-state index contributed by atoms with van der Waals surface area (Å²) >= 11 is 0. The maximum absolute atomic E-state index is 10.7. The fourth-order valence-corrected chi connectivity index (χ4v) is 2.57. The molecule has 2 atom stereocenters. The number of carbonyl (C=O) groups excluding carboxylic acids is 1. The molecule has 2 unspecified atom stereocenters. The van der Waals surface area contributed by atoms with Gasteiger partial charge < -0.3 is 9.84 Å². The molecule has 0 spiro atoms. The summed E-state index contributed by atoms with van der Waals surface area (Å²) in [6, 6.07) is 7.80. The summed E-state index contributed by atoms with van der Waals surface area (Å²) in [5.41, 5.74) is 2.59. The lowest BCUT2D eigenvalue weighted by molar-refractivity contribution is -0.140. The summed E-state index contributed by atoms with van der Waals surface area (Å²) in [7, 11) is 0. The number of hydrogen-bond acceptors (Lipinski definition) is 4. The Morgan fingerprint density at radius 1 is 1.38 bits per heavy atom. The summed E-state index contributed by atoms with van der Waals surface area (Å²) in [5, 5.41) is 11.6. The second-order valence-electron chi connectivity index (χ2n) is 5.21. The lowest BCUT2D eigenvalue weighted by Gasteiger charge is -2.23. The standard InChI is InChI=1S/C17H21NO3/c1-3-4-9-16(21-11-19)17(20)14-10-18-15-8-6-5-7-13(15)12(14)2/h5-8,10-11,16-17,20H,3-4,9H2,1-2H3. The number of unbranched alkanes of at least 4 members (excludes halogenated alkanes) is 1. The van der Waals surface area contributed by atoms with Gasteiger partial charge in [-0.05, 0) is 31.4 Å². The van der Waals surface area contributed by atoms with Gasteiger partial charge in [-0.25, -0.2) is 0 Å². The molecule has 0 aliphatic carbocycles. The first kappa shape index (κ1) is 15.4. The molecule has 2 rings (SSSR count). The third-order valence-corrected chi connectivity index (χ3v) is 3.83. The molecule has 0 aliphatic rings. The SMILES string of the molecule is CCCCC(OC=O)C(O)c1cnc2ccccc2c1C. The number of pyridine rings is 1. The Morgan fingerprint density at radius 2 is 2.14 bits per heavy atom. The molecule has 0 amide bonds. The minimum atomic E-state index is -0.848. The van der Waals surface area contributed by atoms with Gasteiger partial charge in [0.1, 0.15) is 12.2 Å². The molecular weight excluding hydrogens is 266 g/mol. The smallest absolute Gasteiger partial charge is 0.293 e. The quantitative estimate of drug-likeness (QED) is 0.794. The number of aliphatic hydroxyl groups is 1. The molecule has 0 fully saturated rings. The number of aromatic nitrogens is 1. The van der Waals surface area contributed by atoms with Crippen LogP contribution in [0.1, 0.15) is 43.4 Å². The van der Waals surface area contributed by atoms with E-state index in [1.165, 1.54) is 0 Å². The van der Waals surface area contributed by atoms with Crippen molar-refractivity contribution in [2.75, 3.05) is 0 Å². The minimum absolute atomic E-state index is 0.410. The summed E-state index contributed by atoms with van der Waals surface area (Å²) in [6.07, 6.45) is 2.83. The molecule has 0 radical (unpaired) electrons. The predicted molar refractivity (Wildman–Crippen MR) is 81.9 cm³/mol. The number of rotatable bonds is 7. The number of para-hydroxylation sites is 1. The van der Waals surface area contributed by atoms with E-state index in [2.05, 4.69) is 11.9 Å². The molecule has 4 nitrogen and oxygen atoms in total. The third kappa shape index (κ3) is 3.39. The Morgan fingerprint density at radius 3 is 2.86 bits per heavy atom. The van der Waals surface area contributed by atoms with Crippen molar-refractivity contribution in [3.63, 3.8) is 0 Å². The predicted octanol–water partition coefficient (Wildman–Crippen LogP) is 3.31. The van der Waals surface area contributed by atoms with Gasteiger partial charge in [0.2, 0.25) is 0 Å². The fraction of sp³-hybridized carbons (Fsp3) is 0.412. The lowest BCUT2D eigenvalue weighted by atomic mass is 9.95. The van der Waals surface area contributed by atoms with Crippen molar-refractivity contribution in [3.8, 4) is 0 Å². The van der Waals surface area contributed by atoms with Crippen molar-refractivity contribution in [2.45, 2.75) is 45.3 Å². The van der Waals surface area contributed by atoms with Crippen LogP contribution < -0.4 is 0 Å². The Kier molecular flexibility index (Phi) is 5.28. The zero-order valence-corrected chi connectivity index (χ0v) is 12.5. The Hall–Kier alpha value is -1.94. The first-order valence-corrected chi connectivity index (χ1v) is 7.30. The highest BCUT2D eigenvalue weighted by atomic mass is 16.5. The maximum Gasteiger partial charge on any atom is 0.293 e. The van der Waals surface area contributed by atoms with Gasteiger partial charge in [0.15, 0.2) is 0 Å². The van der Waals surface area contributed by atoms with Crippen molar-refractivity contribution < 1.29 is 14.6 Å². The number of aryl methyl sites for hydroxylation is 1. The van der Waals surface area contributed by atoms with Gasteiger partial charge in [-0.2, -0.15) is 0 Å². The highest BCUT2D eigenvalue weighted by Crippen LogP contribution is 2.28. The molecule has 2 aromatic rings. The van der Waals surface area contributed by atoms with Gasteiger partial charge in [-0.15, -0.1) is 0 Å². The molecule has 1 heterocycles. The first-order valence-electron chi connectivity index (χ1n) is 7.30. The Labute approximate surface area is 124 Å². The van der Waals surface area contributed by atoms with Gasteiger partial charge in [0.05, 0.1) is 5.52 Å². The summed E-state index contributed by atoms with van der Waals surface area (Å²) in [4.78, 5) is 15.0. The topological polar surface area (TPSA) is 59.4 Å². The van der Waals surface area contributed by atoms with Crippen LogP contribution >= 0.6 is 0 Å². The molecule has 112 valence electrons. The van der Waals surface area contributed by atoms with E-state index in [9.17, 15) is 9.90 Å². The minimum Gasteiger partial charge on any atom is -0.461 e. The highest BCUT2D eigenvalue weighted by Gasteiger charge is 2.24. The van der Waals surface area contributed by atoms with Crippen LogP contribution in [0.3, 0.4) is 0 Å². The van der Waals surface area contributed by atoms with Crippen molar-refractivity contribution in [1.29, 1.82) is 0 Å². The largest absolute Gasteiger partial charge is 0.461 e. The zero-order valence-electron chi connectivity index (χ0n) is 12.5. The van der Waals surface area contributed by atoms with Gasteiger partial charge >= 0.3 is 0 Å². The number of hydrogen-bond donors (Lipinski definition) is 1. The maximum atomic E-state index is 10.7. The molecule has 0 bridgehead atoms. The normalized spacial score (nSPS) is 13.9. The van der Waals surface area contributed by atoms with Crippen LogP contribution in [0.15, 0.2) is 30.5 Å². The van der Waals surface area contributed by atoms with E-state index in [0.29, 0.717) is 12.9 Å². The van der Waals surface area contributed by atoms with Crippen LogP contribution in [0, 0.1) is 6.92 Å². The van der Waals surface area contributed by atoms with Crippen LogP contribution in [0.2, 0.25) is 0 Å². The van der Waals surface area contributed by atoms with Gasteiger partial charge in [-0.3, -0.25) is 9.78 Å². The third-order valence-electron chi connectivity index (χ3n) is 3.83. The number of nitrogens with zero attached hydrogens (tertiary/aromatic N) is 1. The average molecular weight is 287 g/mol. The molecule has 1 aromatic carbocycles. The van der Waals surface area contributed by atoms with Crippen molar-refractivity contribution in [3.05, 3.63) is 41.6 Å². The second kappa shape index (κ2) is 7.18. The van der Waals surface area contributed by atoms with Crippen LogP contribution in [-0.4, -0.2) is 22.7 Å². The fourth-order valence-electron chi connectivity index (χ4n) is 2.57. The van der Waals surface area contributed by atoms with Gasteiger partial charge in [0.25, 0.3) is 6.47 Å². The van der Waals surface area contributed by atoms with Crippen molar-refractivity contribution >= 4 is 17.4 Å². The second-order valence-corrected chi connectivity index (χ2v) is 5.21.